The third-order valence-corrected chi connectivity index (χ3v) is 6.71. The monoisotopic (exact) mass is 465 g/mol. The van der Waals surface area contributed by atoms with Gasteiger partial charge in [-0.1, -0.05) is 41.4 Å². The number of hydrogen-bond donors (Lipinski definition) is 3. The summed E-state index contributed by atoms with van der Waals surface area (Å²) in [6.45, 7) is 5.68. The molecule has 0 bridgehead atoms. The lowest BCUT2D eigenvalue weighted by Gasteiger charge is -2.14. The Morgan fingerprint density at radius 1 is 0.906 bits per heavy atom. The van der Waals surface area contributed by atoms with Crippen molar-refractivity contribution in [2.45, 2.75) is 25.7 Å². The highest BCUT2D eigenvalue weighted by Crippen LogP contribution is 2.24. The molecule has 0 saturated carbocycles. The summed E-state index contributed by atoms with van der Waals surface area (Å²) < 4.78 is 28.2. The minimum atomic E-state index is -3.75. The van der Waals surface area contributed by atoms with Crippen LogP contribution in [0.25, 0.3) is 0 Å². The van der Waals surface area contributed by atoms with Crippen LogP contribution in [0.5, 0.6) is 0 Å². The van der Waals surface area contributed by atoms with Crippen LogP contribution in [0.4, 0.5) is 11.4 Å². The Morgan fingerprint density at radius 2 is 1.53 bits per heavy atom. The number of amides is 1. The molecule has 0 heterocycles. The summed E-state index contributed by atoms with van der Waals surface area (Å²) in [6.07, 6.45) is 0. The molecule has 32 heavy (non-hydrogen) atoms. The molecule has 3 N–H and O–H groups in total. The summed E-state index contributed by atoms with van der Waals surface area (Å²) in [7, 11) is -1.81. The van der Waals surface area contributed by atoms with Gasteiger partial charge >= 0.3 is 0 Å². The first-order valence-corrected chi connectivity index (χ1v) is 11.8. The standard InChI is InChI=1S/C23H24BN3O3S2/c1-14-7-8-17(13-20(14)24)22(28)26-23(31)25-18-9-11-19(12-10-18)32(29,30)27-21-15(2)5-4-6-16(21)3/h4-13,27H,24H2,1-3H3,(H2,25,26,28,31). The average molecular weight is 465 g/mol. The topological polar surface area (TPSA) is 87.3 Å². The second kappa shape index (κ2) is 9.54. The molecule has 3 rings (SSSR count). The van der Waals surface area contributed by atoms with Gasteiger partial charge in [-0.3, -0.25) is 14.8 Å². The summed E-state index contributed by atoms with van der Waals surface area (Å²) in [5.41, 5.74) is 5.45. The van der Waals surface area contributed by atoms with Crippen molar-refractivity contribution in [1.82, 2.24) is 5.32 Å². The van der Waals surface area contributed by atoms with E-state index in [2.05, 4.69) is 15.4 Å². The van der Waals surface area contributed by atoms with E-state index in [1.807, 2.05) is 52.9 Å². The molecule has 3 aromatic carbocycles. The van der Waals surface area contributed by atoms with Gasteiger partial charge in [-0.2, -0.15) is 0 Å². The molecule has 0 aromatic heterocycles. The number of sulfonamides is 1. The average Bonchev–Trinajstić information content (AvgIpc) is 2.73. The van der Waals surface area contributed by atoms with Crippen LogP contribution >= 0.6 is 12.2 Å². The summed E-state index contributed by atoms with van der Waals surface area (Å²) >= 11 is 5.22. The van der Waals surface area contributed by atoms with Gasteiger partial charge in [0, 0.05) is 11.3 Å². The van der Waals surface area contributed by atoms with Crippen molar-refractivity contribution in [3.63, 3.8) is 0 Å². The molecule has 0 unspecified atom stereocenters. The first kappa shape index (κ1) is 23.5. The third-order valence-electron chi connectivity index (χ3n) is 5.14. The van der Waals surface area contributed by atoms with E-state index < -0.39 is 10.0 Å². The van der Waals surface area contributed by atoms with Crippen LogP contribution in [0.2, 0.25) is 0 Å². The van der Waals surface area contributed by atoms with Crippen LogP contribution in [0, 0.1) is 20.8 Å². The molecular formula is C23H24BN3O3S2. The molecule has 0 atom stereocenters. The molecule has 164 valence electrons. The van der Waals surface area contributed by atoms with Crippen molar-refractivity contribution in [3.8, 4) is 0 Å². The maximum Gasteiger partial charge on any atom is 0.261 e. The minimum absolute atomic E-state index is 0.121. The largest absolute Gasteiger partial charge is 0.332 e. The number of carbonyl (C=O) groups excluding carboxylic acids is 1. The van der Waals surface area contributed by atoms with E-state index in [4.69, 9.17) is 12.2 Å². The summed E-state index contributed by atoms with van der Waals surface area (Å²) in [5, 5.41) is 5.65. The SMILES string of the molecule is Bc1cc(C(=O)NC(=S)Nc2ccc(S(=O)(=O)Nc3c(C)cccc3C)cc2)ccc1C. The van der Waals surface area contributed by atoms with Crippen molar-refractivity contribution in [1.29, 1.82) is 0 Å². The van der Waals surface area contributed by atoms with Crippen LogP contribution in [-0.2, 0) is 10.0 Å². The van der Waals surface area contributed by atoms with Crippen LogP contribution < -0.4 is 20.8 Å². The van der Waals surface area contributed by atoms with Gasteiger partial charge < -0.3 is 5.32 Å². The molecule has 0 spiro atoms. The molecule has 1 amide bonds. The van der Waals surface area contributed by atoms with Gasteiger partial charge in [-0.05, 0) is 74.4 Å². The molecule has 6 nitrogen and oxygen atoms in total. The van der Waals surface area contributed by atoms with Crippen molar-refractivity contribution >= 4 is 57.9 Å². The highest BCUT2D eigenvalue weighted by Gasteiger charge is 2.17. The lowest BCUT2D eigenvalue weighted by molar-refractivity contribution is 0.0978. The molecule has 0 fully saturated rings. The van der Waals surface area contributed by atoms with E-state index in [0.29, 0.717) is 16.9 Å². The molecule has 9 heteroatoms. The Hall–Kier alpha value is -3.17. The predicted molar refractivity (Wildman–Crippen MR) is 136 cm³/mol. The number of anilines is 2. The maximum absolute atomic E-state index is 12.8. The number of nitrogens with one attached hydrogen (secondary N) is 3. The third kappa shape index (κ3) is 5.54. The number of benzene rings is 3. The Bertz CT molecular complexity index is 1270. The lowest BCUT2D eigenvalue weighted by atomic mass is 9.89. The number of thiocarbonyl (C=S) groups is 1. The van der Waals surface area contributed by atoms with Gasteiger partial charge in [0.05, 0.1) is 10.6 Å². The van der Waals surface area contributed by atoms with Crippen LogP contribution in [-0.4, -0.2) is 27.3 Å². The molecule has 3 aromatic rings. The zero-order valence-corrected chi connectivity index (χ0v) is 19.9. The van der Waals surface area contributed by atoms with Gasteiger partial charge in [0.25, 0.3) is 15.9 Å². The number of rotatable bonds is 5. The van der Waals surface area contributed by atoms with Crippen LogP contribution in [0.15, 0.2) is 65.6 Å². The molecular weight excluding hydrogens is 441 g/mol. The number of para-hydroxylation sites is 1. The van der Waals surface area contributed by atoms with E-state index in [0.717, 1.165) is 22.2 Å². The smallest absolute Gasteiger partial charge is 0.261 e. The Balaban J connectivity index is 1.66. The van der Waals surface area contributed by atoms with Gasteiger partial charge in [-0.15, -0.1) is 0 Å². The summed E-state index contributed by atoms with van der Waals surface area (Å²) in [5.74, 6) is -0.317. The fourth-order valence-electron chi connectivity index (χ4n) is 3.11. The van der Waals surface area contributed by atoms with E-state index in [-0.39, 0.29) is 15.9 Å². The Kier molecular flexibility index (Phi) is 7.01. The maximum atomic E-state index is 12.8. The first-order chi connectivity index (χ1) is 15.1. The van der Waals surface area contributed by atoms with E-state index in [9.17, 15) is 13.2 Å². The lowest BCUT2D eigenvalue weighted by Crippen LogP contribution is -2.34. The second-order valence-electron chi connectivity index (χ2n) is 7.60. The van der Waals surface area contributed by atoms with Crippen molar-refractivity contribution < 1.29 is 13.2 Å². The molecule has 0 aliphatic heterocycles. The van der Waals surface area contributed by atoms with Crippen LogP contribution in [0.1, 0.15) is 27.0 Å². The van der Waals surface area contributed by atoms with Crippen molar-refractivity contribution in [2.24, 2.45) is 0 Å². The zero-order chi connectivity index (χ0) is 23.5. The number of hydrogen-bond acceptors (Lipinski definition) is 4. The van der Waals surface area contributed by atoms with Crippen molar-refractivity contribution in [2.75, 3.05) is 10.0 Å². The van der Waals surface area contributed by atoms with E-state index in [1.165, 1.54) is 12.1 Å². The second-order valence-corrected chi connectivity index (χ2v) is 9.69. The van der Waals surface area contributed by atoms with Gasteiger partial charge in [0.1, 0.15) is 7.85 Å². The summed E-state index contributed by atoms with van der Waals surface area (Å²) in [4.78, 5) is 12.5. The Labute approximate surface area is 194 Å². The van der Waals surface area contributed by atoms with Gasteiger partial charge in [-0.25, -0.2) is 8.42 Å². The van der Waals surface area contributed by atoms with E-state index in [1.54, 1.807) is 24.3 Å². The minimum Gasteiger partial charge on any atom is -0.332 e. The first-order valence-electron chi connectivity index (χ1n) is 9.95. The van der Waals surface area contributed by atoms with Gasteiger partial charge in [0.2, 0.25) is 0 Å². The van der Waals surface area contributed by atoms with Gasteiger partial charge in [0.15, 0.2) is 5.11 Å². The normalized spacial score (nSPS) is 11.0. The molecule has 0 saturated heterocycles. The highest BCUT2D eigenvalue weighted by atomic mass is 32.2. The zero-order valence-electron chi connectivity index (χ0n) is 18.3. The molecule has 0 aliphatic rings. The fraction of sp³-hybridized carbons (Fsp3) is 0.130. The van der Waals surface area contributed by atoms with Crippen molar-refractivity contribution in [3.05, 3.63) is 82.9 Å². The Morgan fingerprint density at radius 3 is 2.12 bits per heavy atom. The number of aryl methyl sites for hydroxylation is 3. The fourth-order valence-corrected chi connectivity index (χ4v) is 4.52. The highest BCUT2D eigenvalue weighted by molar-refractivity contribution is 7.92. The molecule has 0 aliphatic carbocycles. The predicted octanol–water partition coefficient (Wildman–Crippen LogP) is 2.80. The molecule has 0 radical (unpaired) electrons. The van der Waals surface area contributed by atoms with Crippen LogP contribution in [0.3, 0.4) is 0 Å². The quantitative estimate of drug-likeness (QED) is 0.399. The summed E-state index contributed by atoms with van der Waals surface area (Å²) in [6, 6.07) is 17.1. The number of carbonyl (C=O) groups is 1. The van der Waals surface area contributed by atoms with E-state index >= 15 is 0 Å².